The lowest BCUT2D eigenvalue weighted by atomic mass is 9.99. The number of piperidine rings is 1. The molecule has 0 saturated carbocycles. The van der Waals surface area contributed by atoms with Gasteiger partial charge in [0.1, 0.15) is 12.6 Å². The molecule has 4 aromatic rings. The highest BCUT2D eigenvalue weighted by Gasteiger charge is 2.33. The average Bonchev–Trinajstić information content (AvgIpc) is 3.27. The molecular weight excluding hydrogens is 710 g/mol. The molecule has 2 heterocycles. The van der Waals surface area contributed by atoms with Gasteiger partial charge >= 0.3 is 6.18 Å². The number of aliphatic hydroxyl groups excluding tert-OH is 1. The molecule has 1 N–H and O–H groups in total. The average molecular weight is 767 g/mol. The van der Waals surface area contributed by atoms with Gasteiger partial charge < -0.3 is 24.5 Å². The molecule has 12 heteroatoms. The van der Waals surface area contributed by atoms with Crippen molar-refractivity contribution in [1.82, 2.24) is 9.80 Å². The van der Waals surface area contributed by atoms with Crippen molar-refractivity contribution in [2.24, 2.45) is 0 Å². The largest absolute Gasteiger partial charge is 0.416 e. The summed E-state index contributed by atoms with van der Waals surface area (Å²) in [6.07, 6.45) is -14.8. The van der Waals surface area contributed by atoms with E-state index in [2.05, 4.69) is 0 Å². The number of halogens is 5. The number of aliphatic hydroxyl groups is 1. The molecule has 1 saturated heterocycles. The number of nitrogens with zero attached hydrogens (tertiary/aromatic N) is 3. The minimum absolute atomic E-state index is 0.0624. The number of anilines is 1. The summed E-state index contributed by atoms with van der Waals surface area (Å²) in [7, 11) is 0.836. The smallest absolute Gasteiger partial charge is 0.384 e. The van der Waals surface area contributed by atoms with Crippen molar-refractivity contribution in [3.8, 4) is 11.1 Å². The van der Waals surface area contributed by atoms with E-state index in [1.807, 2.05) is 0 Å². The van der Waals surface area contributed by atoms with Gasteiger partial charge in [0.15, 0.2) is 11.6 Å². The molecule has 1 unspecified atom stereocenters. The third kappa shape index (κ3) is 9.29. The lowest BCUT2D eigenvalue weighted by molar-refractivity contribution is -0.137. The van der Waals surface area contributed by atoms with Crippen LogP contribution in [0, 0.1) is 18.6 Å². The Bertz CT molecular complexity index is 2610. The Kier molecular flexibility index (Phi) is 7.48. The van der Waals surface area contributed by atoms with Gasteiger partial charge in [-0.25, -0.2) is 8.78 Å². The molecule has 0 spiro atoms. The third-order valence-electron chi connectivity index (χ3n) is 8.08. The van der Waals surface area contributed by atoms with Crippen LogP contribution in [0.1, 0.15) is 67.2 Å². The fourth-order valence-electron chi connectivity index (χ4n) is 5.36. The van der Waals surface area contributed by atoms with E-state index >= 15 is 4.79 Å². The van der Waals surface area contributed by atoms with Crippen LogP contribution in [0.4, 0.5) is 27.6 Å². The molecule has 0 aromatic heterocycles. The Morgan fingerprint density at radius 2 is 1.75 bits per heavy atom. The summed E-state index contributed by atoms with van der Waals surface area (Å²) in [5.74, 6) is -4.60. The van der Waals surface area contributed by atoms with Gasteiger partial charge in [0.05, 0.1) is 26.7 Å². The third-order valence-corrected chi connectivity index (χ3v) is 9.15. The normalized spacial score (nSPS) is 25.7. The van der Waals surface area contributed by atoms with Gasteiger partial charge in [-0.3, -0.25) is 4.79 Å². The first-order valence-electron chi connectivity index (χ1n) is 23.4. The molecule has 53 heavy (non-hydrogen) atoms. The lowest BCUT2D eigenvalue weighted by Crippen LogP contribution is -2.50. The number of amides is 1. The van der Waals surface area contributed by atoms with Crippen LogP contribution in [-0.4, -0.2) is 66.6 Å². The van der Waals surface area contributed by atoms with Gasteiger partial charge in [0.25, 0.3) is 0 Å². The maximum absolute atomic E-state index is 15.3. The van der Waals surface area contributed by atoms with Crippen LogP contribution in [0.3, 0.4) is 0 Å². The van der Waals surface area contributed by atoms with Crippen molar-refractivity contribution in [2.45, 2.75) is 50.3 Å². The molecule has 0 aliphatic carbocycles. The fourth-order valence-corrected chi connectivity index (χ4v) is 6.38. The van der Waals surface area contributed by atoms with E-state index in [4.69, 9.17) is 18.4 Å². The van der Waals surface area contributed by atoms with Crippen LogP contribution in [0.5, 0.6) is 0 Å². The number of alkyl halides is 3. The second-order valence-corrected chi connectivity index (χ2v) is 12.7. The zero-order valence-corrected chi connectivity index (χ0v) is 29.0. The minimum atomic E-state index is -4.64. The number of hydrogen-bond acceptors (Lipinski definition) is 6. The summed E-state index contributed by atoms with van der Waals surface area (Å²) in [6, 6.07) is 5.79. The molecule has 0 radical (unpaired) electrons. The molecule has 4 aromatic carbocycles. The number of ether oxygens (including phenoxy) is 1. The van der Waals surface area contributed by atoms with Gasteiger partial charge in [-0.15, -0.1) is 11.8 Å². The number of carbonyl (C=O) groups is 1. The van der Waals surface area contributed by atoms with E-state index in [-0.39, 0.29) is 32.1 Å². The van der Waals surface area contributed by atoms with Crippen LogP contribution in [0.2, 0.25) is 0 Å². The standard InChI is InChI=1S/C41H42F5N3O3S/c1-27-6-15-36-34(22-27)37(50)23-39(53-26-31-4-3-5-35(42)40(31)43)49(36)25-38(51)48(33-16-18-47(19-17-33)20-21-52-2)24-28-7-9-29(10-8-28)30-11-13-32(14-12-30)41(44,45)46/h3-15,22-23,33,37,50H,16-21,24-26H2,1-2H3/i6D,15D,16D2,17D2,18D2,19D2,21D2,22D,23D,33D. The summed E-state index contributed by atoms with van der Waals surface area (Å²) >= 11 is 0.526. The monoisotopic (exact) mass is 766 g/mol. The van der Waals surface area contributed by atoms with Crippen molar-refractivity contribution in [1.29, 1.82) is 0 Å². The first-order valence-corrected chi connectivity index (χ1v) is 16.9. The van der Waals surface area contributed by atoms with Gasteiger partial charge in [-0.2, -0.15) is 13.2 Å². The van der Waals surface area contributed by atoms with E-state index in [0.29, 0.717) is 17.3 Å². The van der Waals surface area contributed by atoms with Gasteiger partial charge in [0, 0.05) is 72.7 Å². The number of carbonyl (C=O) groups excluding carboxylic acids is 1. The zero-order valence-electron chi connectivity index (χ0n) is 43.2. The van der Waals surface area contributed by atoms with Gasteiger partial charge in [0.2, 0.25) is 5.91 Å². The van der Waals surface area contributed by atoms with E-state index in [1.54, 1.807) is 0 Å². The number of likely N-dealkylation sites (tertiary alicyclic amines) is 1. The molecule has 1 amide bonds. The van der Waals surface area contributed by atoms with Crippen molar-refractivity contribution in [2.75, 3.05) is 44.7 Å². The Morgan fingerprint density at radius 3 is 2.42 bits per heavy atom. The molecule has 1 atom stereocenters. The minimum Gasteiger partial charge on any atom is -0.384 e. The molecule has 1 fully saturated rings. The second kappa shape index (κ2) is 16.8. The Balaban J connectivity index is 1.55. The van der Waals surface area contributed by atoms with Crippen LogP contribution in [-0.2, 0) is 28.0 Å². The van der Waals surface area contributed by atoms with Gasteiger partial charge in [-0.1, -0.05) is 66.2 Å². The second-order valence-electron chi connectivity index (χ2n) is 11.7. The maximum Gasteiger partial charge on any atom is 0.416 e. The SMILES string of the molecule is [2H]C1=C(SCc2cccc(F)c2F)N(CC(=O)N(Cc2ccc(-c3ccc(C(F)(F)F)cc3)cc2)C2([2H])C([2H])([2H])C([2H])([2H])N(CC([2H])([2H])OC)C([2H])([2H])C2([2H])[2H])c2c([2H])c([2H])c(C)c([2H])c2C1O. The van der Waals surface area contributed by atoms with E-state index in [9.17, 15) is 33.9 Å². The van der Waals surface area contributed by atoms with Crippen LogP contribution in [0.15, 0.2) is 95.9 Å². The molecular formula is C41H42F5N3O3S. The van der Waals surface area contributed by atoms with Crippen LogP contribution < -0.4 is 4.90 Å². The van der Waals surface area contributed by atoms with E-state index < -0.39 is 140 Å². The van der Waals surface area contributed by atoms with Crippen molar-refractivity contribution < 1.29 is 57.2 Å². The van der Waals surface area contributed by atoms with Crippen LogP contribution in [0.25, 0.3) is 11.1 Å². The topological polar surface area (TPSA) is 56.3 Å². The maximum atomic E-state index is 15.3. The molecule has 0 bridgehead atoms. The predicted molar refractivity (Wildman–Crippen MR) is 198 cm³/mol. The molecule has 280 valence electrons. The Hall–Kier alpha value is -4.23. The Labute approximate surface area is 331 Å². The zero-order chi connectivity index (χ0) is 51.1. The summed E-state index contributed by atoms with van der Waals surface area (Å²) < 4.78 is 208. The number of benzene rings is 4. The van der Waals surface area contributed by atoms with Crippen molar-refractivity contribution in [3.63, 3.8) is 0 Å². The quantitative estimate of drug-likeness (QED) is 0.146. The summed E-state index contributed by atoms with van der Waals surface area (Å²) in [5.41, 5.74) is -1.83. The predicted octanol–water partition coefficient (Wildman–Crippen LogP) is 8.73. The highest BCUT2D eigenvalue weighted by atomic mass is 32.2. The number of methoxy groups -OCH3 is 1. The van der Waals surface area contributed by atoms with E-state index in [1.165, 1.54) is 55.5 Å². The molecule has 6 nitrogen and oxygen atoms in total. The highest BCUT2D eigenvalue weighted by molar-refractivity contribution is 8.02. The summed E-state index contributed by atoms with van der Waals surface area (Å²) in [5, 5.41) is 11.0. The Morgan fingerprint density at radius 1 is 1.08 bits per heavy atom. The van der Waals surface area contributed by atoms with Crippen molar-refractivity contribution in [3.05, 3.63) is 135 Å². The first-order chi connectivity index (χ1) is 31.2. The number of fused-ring (bicyclic) bond motifs is 1. The lowest BCUT2D eigenvalue weighted by Gasteiger charge is -2.40. The summed E-state index contributed by atoms with van der Waals surface area (Å²) in [4.78, 5) is 16.2. The fraction of sp³-hybridized carbons (Fsp3) is 0.341. The highest BCUT2D eigenvalue weighted by Crippen LogP contribution is 2.41. The number of thioether (sulfide) groups is 1. The molecule has 2 aliphatic rings. The number of hydrogen-bond donors (Lipinski definition) is 1. The van der Waals surface area contributed by atoms with Crippen molar-refractivity contribution >= 4 is 23.4 Å². The van der Waals surface area contributed by atoms with Gasteiger partial charge in [-0.05, 0) is 66.7 Å². The first kappa shape index (κ1) is 23.5. The number of rotatable bonds is 12. The van der Waals surface area contributed by atoms with E-state index in [0.717, 1.165) is 30.2 Å². The van der Waals surface area contributed by atoms with Crippen LogP contribution >= 0.6 is 11.8 Å². The molecule has 2 aliphatic heterocycles. The molecule has 6 rings (SSSR count). The summed E-state index contributed by atoms with van der Waals surface area (Å²) in [6.45, 7) is -13.2.